The topological polar surface area (TPSA) is 72.0 Å². The van der Waals surface area contributed by atoms with Gasteiger partial charge < -0.3 is 20.1 Å². The van der Waals surface area contributed by atoms with Gasteiger partial charge in [0.25, 0.3) is 0 Å². The molecular weight excluding hydrogens is 409 g/mol. The molecule has 0 aromatic heterocycles. The number of carbonyl (C=O) groups excluding carboxylic acids is 1. The zero-order chi connectivity index (χ0) is 16.4. The van der Waals surface area contributed by atoms with Crippen LogP contribution in [0.1, 0.15) is 47.0 Å². The van der Waals surface area contributed by atoms with Crippen LogP contribution in [0.3, 0.4) is 0 Å². The van der Waals surface area contributed by atoms with E-state index in [0.717, 1.165) is 38.6 Å². The molecule has 0 unspecified atom stereocenters. The Morgan fingerprint density at radius 2 is 1.96 bits per heavy atom. The second-order valence-electron chi connectivity index (χ2n) is 6.58. The summed E-state index contributed by atoms with van der Waals surface area (Å²) >= 11 is 0. The standard InChI is InChI=1S/C16H31N3O3.HI/c1-5-17-15(19-11-14(20)22-16(2,3)4)18-9-6-10-21-12-13-7-8-13;/h13H,5-12H2,1-4H3,(H2,17,18,19);1H. The summed E-state index contributed by atoms with van der Waals surface area (Å²) in [5.41, 5.74) is -0.475. The van der Waals surface area contributed by atoms with Crippen LogP contribution in [0.15, 0.2) is 4.99 Å². The number of rotatable bonds is 9. The second kappa shape index (κ2) is 11.9. The normalized spacial score (nSPS) is 14.9. The van der Waals surface area contributed by atoms with Crippen LogP contribution in [0, 0.1) is 5.92 Å². The number of ether oxygens (including phenoxy) is 2. The van der Waals surface area contributed by atoms with Gasteiger partial charge in [-0.2, -0.15) is 0 Å². The molecule has 0 aromatic rings. The number of hydrogen-bond donors (Lipinski definition) is 2. The van der Waals surface area contributed by atoms with Crippen LogP contribution in [0.25, 0.3) is 0 Å². The van der Waals surface area contributed by atoms with Crippen molar-refractivity contribution in [3.05, 3.63) is 0 Å². The molecule has 1 fully saturated rings. The van der Waals surface area contributed by atoms with Crippen molar-refractivity contribution in [2.75, 3.05) is 32.8 Å². The van der Waals surface area contributed by atoms with Crippen molar-refractivity contribution in [3.8, 4) is 0 Å². The molecule has 7 heteroatoms. The maximum atomic E-state index is 11.6. The Labute approximate surface area is 157 Å². The fourth-order valence-electron chi connectivity index (χ4n) is 1.77. The highest BCUT2D eigenvalue weighted by molar-refractivity contribution is 14.0. The zero-order valence-corrected chi connectivity index (χ0v) is 17.1. The Morgan fingerprint density at radius 3 is 2.52 bits per heavy atom. The van der Waals surface area contributed by atoms with E-state index in [2.05, 4.69) is 15.6 Å². The molecule has 0 saturated heterocycles. The molecule has 0 aliphatic heterocycles. The largest absolute Gasteiger partial charge is 0.459 e. The minimum absolute atomic E-state index is 0. The number of carbonyl (C=O) groups is 1. The SMILES string of the molecule is CCNC(=NCC(=O)OC(C)(C)C)NCCCOCC1CC1.I. The molecule has 1 aliphatic carbocycles. The Morgan fingerprint density at radius 1 is 1.26 bits per heavy atom. The Kier molecular flexibility index (Phi) is 11.6. The third-order valence-electron chi connectivity index (χ3n) is 2.94. The van der Waals surface area contributed by atoms with Crippen LogP contribution in [0.5, 0.6) is 0 Å². The van der Waals surface area contributed by atoms with E-state index in [1.165, 1.54) is 12.8 Å². The van der Waals surface area contributed by atoms with E-state index < -0.39 is 5.60 Å². The molecule has 23 heavy (non-hydrogen) atoms. The Hall–Kier alpha value is -0.570. The van der Waals surface area contributed by atoms with E-state index in [0.29, 0.717) is 5.96 Å². The van der Waals surface area contributed by atoms with E-state index in [9.17, 15) is 4.79 Å². The van der Waals surface area contributed by atoms with Gasteiger partial charge in [0.2, 0.25) is 0 Å². The first-order chi connectivity index (χ1) is 10.4. The maximum absolute atomic E-state index is 11.6. The van der Waals surface area contributed by atoms with E-state index in [-0.39, 0.29) is 36.5 Å². The first kappa shape index (κ1) is 22.4. The lowest BCUT2D eigenvalue weighted by molar-refractivity contribution is -0.152. The van der Waals surface area contributed by atoms with E-state index in [1.807, 2.05) is 27.7 Å². The molecule has 0 spiro atoms. The van der Waals surface area contributed by atoms with Crippen LogP contribution in [0.2, 0.25) is 0 Å². The molecule has 2 N–H and O–H groups in total. The van der Waals surface area contributed by atoms with Gasteiger partial charge in [0.15, 0.2) is 5.96 Å². The van der Waals surface area contributed by atoms with Gasteiger partial charge in [0, 0.05) is 26.3 Å². The van der Waals surface area contributed by atoms with Gasteiger partial charge in [-0.15, -0.1) is 24.0 Å². The number of nitrogens with one attached hydrogen (secondary N) is 2. The summed E-state index contributed by atoms with van der Waals surface area (Å²) in [5.74, 6) is 1.12. The highest BCUT2D eigenvalue weighted by Gasteiger charge is 2.20. The van der Waals surface area contributed by atoms with Gasteiger partial charge in [0.05, 0.1) is 0 Å². The first-order valence-corrected chi connectivity index (χ1v) is 8.22. The van der Waals surface area contributed by atoms with E-state index in [4.69, 9.17) is 9.47 Å². The molecule has 1 saturated carbocycles. The van der Waals surface area contributed by atoms with Crippen LogP contribution < -0.4 is 10.6 Å². The number of nitrogens with zero attached hydrogens (tertiary/aromatic N) is 1. The summed E-state index contributed by atoms with van der Waals surface area (Å²) in [6.07, 6.45) is 3.56. The lowest BCUT2D eigenvalue weighted by Crippen LogP contribution is -2.38. The molecule has 0 radical (unpaired) electrons. The molecule has 1 rings (SSSR count). The molecule has 1 aliphatic rings. The Balaban J connectivity index is 0.00000484. The van der Waals surface area contributed by atoms with Crippen molar-refractivity contribution in [1.82, 2.24) is 10.6 Å². The number of halogens is 1. The maximum Gasteiger partial charge on any atom is 0.328 e. The molecule has 6 nitrogen and oxygen atoms in total. The van der Waals surface area contributed by atoms with Gasteiger partial charge in [-0.25, -0.2) is 4.99 Å². The fraction of sp³-hybridized carbons (Fsp3) is 0.875. The summed E-state index contributed by atoms with van der Waals surface area (Å²) in [6.45, 7) is 10.7. The molecular formula is C16H32IN3O3. The van der Waals surface area contributed by atoms with E-state index in [1.54, 1.807) is 0 Å². The fourth-order valence-corrected chi connectivity index (χ4v) is 1.77. The summed E-state index contributed by atoms with van der Waals surface area (Å²) in [7, 11) is 0. The molecule has 0 heterocycles. The van der Waals surface area contributed by atoms with Crippen LogP contribution in [-0.2, 0) is 14.3 Å². The minimum atomic E-state index is -0.475. The minimum Gasteiger partial charge on any atom is -0.459 e. The molecule has 0 atom stereocenters. The molecule has 136 valence electrons. The lowest BCUT2D eigenvalue weighted by atomic mass is 10.2. The molecule has 0 aromatic carbocycles. The van der Waals surface area contributed by atoms with Crippen LogP contribution in [0.4, 0.5) is 0 Å². The monoisotopic (exact) mass is 441 g/mol. The number of guanidine groups is 1. The van der Waals surface area contributed by atoms with Gasteiger partial charge in [-0.05, 0) is 52.9 Å². The number of hydrogen-bond acceptors (Lipinski definition) is 4. The van der Waals surface area contributed by atoms with Crippen LogP contribution >= 0.6 is 24.0 Å². The van der Waals surface area contributed by atoms with Crippen molar-refractivity contribution in [2.45, 2.75) is 52.6 Å². The van der Waals surface area contributed by atoms with Crippen molar-refractivity contribution >= 4 is 35.9 Å². The summed E-state index contributed by atoms with van der Waals surface area (Å²) in [6, 6.07) is 0. The van der Waals surface area contributed by atoms with Crippen molar-refractivity contribution in [3.63, 3.8) is 0 Å². The predicted molar refractivity (Wildman–Crippen MR) is 103 cm³/mol. The Bertz CT molecular complexity index is 366. The highest BCUT2D eigenvalue weighted by atomic mass is 127. The van der Waals surface area contributed by atoms with Gasteiger partial charge in [-0.3, -0.25) is 4.79 Å². The third kappa shape index (κ3) is 13.6. The molecule has 0 bridgehead atoms. The lowest BCUT2D eigenvalue weighted by Gasteiger charge is -2.19. The summed E-state index contributed by atoms with van der Waals surface area (Å²) in [5, 5.41) is 6.30. The first-order valence-electron chi connectivity index (χ1n) is 8.22. The average molecular weight is 441 g/mol. The number of aliphatic imine (C=N–C) groups is 1. The van der Waals surface area contributed by atoms with Gasteiger partial charge in [-0.1, -0.05) is 0 Å². The van der Waals surface area contributed by atoms with Gasteiger partial charge in [0.1, 0.15) is 12.1 Å². The van der Waals surface area contributed by atoms with Crippen molar-refractivity contribution in [2.24, 2.45) is 10.9 Å². The smallest absolute Gasteiger partial charge is 0.328 e. The summed E-state index contributed by atoms with van der Waals surface area (Å²) < 4.78 is 10.8. The quantitative estimate of drug-likeness (QED) is 0.189. The van der Waals surface area contributed by atoms with Gasteiger partial charge >= 0.3 is 5.97 Å². The van der Waals surface area contributed by atoms with Crippen molar-refractivity contribution < 1.29 is 14.3 Å². The summed E-state index contributed by atoms with van der Waals surface area (Å²) in [4.78, 5) is 15.9. The highest BCUT2D eigenvalue weighted by Crippen LogP contribution is 2.28. The van der Waals surface area contributed by atoms with E-state index >= 15 is 0 Å². The average Bonchev–Trinajstić information content (AvgIpc) is 3.22. The molecule has 0 amide bonds. The van der Waals surface area contributed by atoms with Crippen molar-refractivity contribution in [1.29, 1.82) is 0 Å². The van der Waals surface area contributed by atoms with Crippen LogP contribution in [-0.4, -0.2) is 50.4 Å². The predicted octanol–water partition coefficient (Wildman–Crippen LogP) is 2.32. The number of esters is 1. The zero-order valence-electron chi connectivity index (χ0n) is 14.8. The second-order valence-corrected chi connectivity index (χ2v) is 6.58. The third-order valence-corrected chi connectivity index (χ3v) is 2.94.